The maximum Gasteiger partial charge on any atom is 0.240 e. The Labute approximate surface area is 129 Å². The van der Waals surface area contributed by atoms with Crippen molar-refractivity contribution in [1.29, 1.82) is 0 Å². The Morgan fingerprint density at radius 3 is 2.24 bits per heavy atom. The summed E-state index contributed by atoms with van der Waals surface area (Å²) in [5.74, 6) is 0.260. The number of nitrogens with one attached hydrogen (secondary N) is 1. The Balaban J connectivity index is 2.70. The lowest BCUT2D eigenvalue weighted by Crippen LogP contribution is -2.33. The van der Waals surface area contributed by atoms with E-state index in [-0.39, 0.29) is 11.3 Å². The first-order valence-corrected chi connectivity index (χ1v) is 8.94. The highest BCUT2D eigenvalue weighted by atomic mass is 32.2. The van der Waals surface area contributed by atoms with E-state index >= 15 is 0 Å². The molecule has 1 unspecified atom stereocenters. The van der Waals surface area contributed by atoms with Gasteiger partial charge in [0.25, 0.3) is 0 Å². The number of hydrogen-bond donors (Lipinski definition) is 2. The van der Waals surface area contributed by atoms with Crippen LogP contribution in [0, 0.1) is 11.3 Å². The maximum absolute atomic E-state index is 12.3. The Bertz CT molecular complexity index is 530. The second-order valence-electron chi connectivity index (χ2n) is 6.66. The lowest BCUT2D eigenvalue weighted by molar-refractivity contribution is 0.263. The van der Waals surface area contributed by atoms with Gasteiger partial charge in [0.15, 0.2) is 0 Å². The molecule has 0 bridgehead atoms. The van der Waals surface area contributed by atoms with Gasteiger partial charge in [0.1, 0.15) is 0 Å². The molecule has 120 valence electrons. The lowest BCUT2D eigenvalue weighted by atomic mass is 9.82. The minimum Gasteiger partial charge on any atom is -0.330 e. The average molecular weight is 312 g/mol. The molecule has 0 spiro atoms. The number of sulfonamides is 1. The molecule has 0 aliphatic rings. The molecule has 0 fully saturated rings. The van der Waals surface area contributed by atoms with Crippen LogP contribution in [0.15, 0.2) is 29.2 Å². The molecule has 0 heterocycles. The van der Waals surface area contributed by atoms with Crippen LogP contribution in [0.1, 0.15) is 39.7 Å². The van der Waals surface area contributed by atoms with Gasteiger partial charge in [0.05, 0.1) is 4.90 Å². The molecule has 0 aromatic heterocycles. The van der Waals surface area contributed by atoms with Crippen molar-refractivity contribution in [2.75, 3.05) is 13.1 Å². The van der Waals surface area contributed by atoms with Crippen LogP contribution in [0.3, 0.4) is 0 Å². The van der Waals surface area contributed by atoms with Crippen molar-refractivity contribution in [3.63, 3.8) is 0 Å². The smallest absolute Gasteiger partial charge is 0.240 e. The van der Waals surface area contributed by atoms with Crippen LogP contribution in [-0.4, -0.2) is 21.5 Å². The maximum atomic E-state index is 12.3. The van der Waals surface area contributed by atoms with Crippen LogP contribution in [0.5, 0.6) is 0 Å². The number of aryl methyl sites for hydroxylation is 1. The van der Waals surface area contributed by atoms with E-state index in [1.807, 2.05) is 12.1 Å². The van der Waals surface area contributed by atoms with Crippen LogP contribution in [0.25, 0.3) is 0 Å². The summed E-state index contributed by atoms with van der Waals surface area (Å²) in [6.45, 7) is 9.47. The second-order valence-corrected chi connectivity index (χ2v) is 8.42. The molecule has 0 aliphatic carbocycles. The number of nitrogens with two attached hydrogens (primary N) is 1. The summed E-state index contributed by atoms with van der Waals surface area (Å²) in [6.07, 6.45) is 1.79. The van der Waals surface area contributed by atoms with Crippen LogP contribution in [0.2, 0.25) is 0 Å². The molecule has 1 aromatic rings. The van der Waals surface area contributed by atoms with Crippen LogP contribution in [0.4, 0.5) is 0 Å². The Morgan fingerprint density at radius 1 is 1.19 bits per heavy atom. The van der Waals surface area contributed by atoms with Crippen molar-refractivity contribution in [2.45, 2.75) is 45.4 Å². The molecule has 5 heteroatoms. The van der Waals surface area contributed by atoms with Gasteiger partial charge < -0.3 is 5.73 Å². The van der Waals surface area contributed by atoms with E-state index in [1.54, 1.807) is 12.1 Å². The first-order valence-electron chi connectivity index (χ1n) is 7.45. The highest BCUT2D eigenvalue weighted by Gasteiger charge is 2.22. The predicted octanol–water partition coefficient (Wildman–Crippen LogP) is 2.54. The van der Waals surface area contributed by atoms with Gasteiger partial charge in [-0.25, -0.2) is 13.1 Å². The molecular formula is C16H28N2O2S. The quantitative estimate of drug-likeness (QED) is 0.812. The summed E-state index contributed by atoms with van der Waals surface area (Å²) in [5.41, 5.74) is 6.66. The molecule has 0 radical (unpaired) electrons. The van der Waals surface area contributed by atoms with Crippen molar-refractivity contribution >= 4 is 10.0 Å². The van der Waals surface area contributed by atoms with Crippen LogP contribution >= 0.6 is 0 Å². The molecule has 4 nitrogen and oxygen atoms in total. The Hall–Kier alpha value is -0.910. The fourth-order valence-corrected chi connectivity index (χ4v) is 2.90. The van der Waals surface area contributed by atoms with E-state index in [4.69, 9.17) is 5.73 Å². The van der Waals surface area contributed by atoms with Crippen molar-refractivity contribution in [3.8, 4) is 0 Å². The van der Waals surface area contributed by atoms with Crippen molar-refractivity contribution in [1.82, 2.24) is 4.72 Å². The zero-order valence-corrected chi connectivity index (χ0v) is 14.3. The summed E-state index contributed by atoms with van der Waals surface area (Å²) in [6, 6.07) is 7.04. The van der Waals surface area contributed by atoms with E-state index in [0.717, 1.165) is 18.4 Å². The summed E-state index contributed by atoms with van der Waals surface area (Å²) < 4.78 is 27.2. The van der Waals surface area contributed by atoms with Gasteiger partial charge in [-0.05, 0) is 48.4 Å². The Morgan fingerprint density at radius 2 is 1.76 bits per heavy atom. The standard InChI is InChI=1S/C16H28N2O2S/c1-13(16(2,3)4)12-18-21(19,20)15-9-7-14(8-10-15)6-5-11-17/h7-10,13,18H,5-6,11-12,17H2,1-4H3. The molecule has 0 aliphatic heterocycles. The average Bonchev–Trinajstić information content (AvgIpc) is 2.42. The fourth-order valence-electron chi connectivity index (χ4n) is 1.77. The lowest BCUT2D eigenvalue weighted by Gasteiger charge is -2.27. The van der Waals surface area contributed by atoms with Crippen LogP contribution < -0.4 is 10.5 Å². The highest BCUT2D eigenvalue weighted by Crippen LogP contribution is 2.25. The number of hydrogen-bond acceptors (Lipinski definition) is 3. The van der Waals surface area contributed by atoms with E-state index in [9.17, 15) is 8.42 Å². The predicted molar refractivity (Wildman–Crippen MR) is 87.6 cm³/mol. The monoisotopic (exact) mass is 312 g/mol. The van der Waals surface area contributed by atoms with Gasteiger partial charge in [-0.3, -0.25) is 0 Å². The van der Waals surface area contributed by atoms with Gasteiger partial charge in [-0.15, -0.1) is 0 Å². The van der Waals surface area contributed by atoms with Crippen molar-refractivity contribution in [3.05, 3.63) is 29.8 Å². The normalized spacial score (nSPS) is 14.1. The summed E-state index contributed by atoms with van der Waals surface area (Å²) in [4.78, 5) is 0.320. The first kappa shape index (κ1) is 18.1. The van der Waals surface area contributed by atoms with Crippen LogP contribution in [-0.2, 0) is 16.4 Å². The molecule has 1 atom stereocenters. The Kier molecular flexibility index (Phi) is 6.38. The topological polar surface area (TPSA) is 72.2 Å². The molecular weight excluding hydrogens is 284 g/mol. The van der Waals surface area contributed by atoms with Crippen molar-refractivity contribution in [2.24, 2.45) is 17.1 Å². The van der Waals surface area contributed by atoms with Gasteiger partial charge in [0, 0.05) is 6.54 Å². The summed E-state index contributed by atoms with van der Waals surface area (Å²) in [7, 11) is -3.43. The number of benzene rings is 1. The molecule has 0 amide bonds. The van der Waals surface area contributed by atoms with Gasteiger partial charge >= 0.3 is 0 Å². The van der Waals surface area contributed by atoms with Gasteiger partial charge in [-0.1, -0.05) is 39.8 Å². The molecule has 1 aromatic carbocycles. The van der Waals surface area contributed by atoms with E-state index in [0.29, 0.717) is 18.0 Å². The first-order chi connectivity index (χ1) is 9.66. The molecule has 3 N–H and O–H groups in total. The second kappa shape index (κ2) is 7.38. The minimum atomic E-state index is -3.43. The highest BCUT2D eigenvalue weighted by molar-refractivity contribution is 7.89. The van der Waals surface area contributed by atoms with E-state index < -0.39 is 10.0 Å². The van der Waals surface area contributed by atoms with E-state index in [2.05, 4.69) is 32.4 Å². The van der Waals surface area contributed by atoms with E-state index in [1.165, 1.54) is 0 Å². The SMILES string of the molecule is CC(CNS(=O)(=O)c1ccc(CCCN)cc1)C(C)(C)C. The number of rotatable bonds is 7. The molecule has 0 saturated heterocycles. The largest absolute Gasteiger partial charge is 0.330 e. The zero-order valence-electron chi connectivity index (χ0n) is 13.5. The third-order valence-corrected chi connectivity index (χ3v) is 5.40. The zero-order chi connectivity index (χ0) is 16.1. The van der Waals surface area contributed by atoms with Gasteiger partial charge in [0.2, 0.25) is 10.0 Å². The molecule has 0 saturated carbocycles. The third-order valence-electron chi connectivity index (χ3n) is 3.96. The van der Waals surface area contributed by atoms with Crippen molar-refractivity contribution < 1.29 is 8.42 Å². The van der Waals surface area contributed by atoms with Gasteiger partial charge in [-0.2, -0.15) is 0 Å². The third kappa shape index (κ3) is 5.77. The fraction of sp³-hybridized carbons (Fsp3) is 0.625. The minimum absolute atomic E-state index is 0.0780. The molecule has 1 rings (SSSR count). The summed E-state index contributed by atoms with van der Waals surface area (Å²) in [5, 5.41) is 0. The molecule has 21 heavy (non-hydrogen) atoms. The summed E-state index contributed by atoms with van der Waals surface area (Å²) >= 11 is 0.